The molecule has 0 unspecified atom stereocenters. The summed E-state index contributed by atoms with van der Waals surface area (Å²) in [7, 11) is -2.29. The van der Waals surface area contributed by atoms with Gasteiger partial charge in [-0.1, -0.05) is 24.3 Å². The molecule has 2 aromatic rings. The standard InChI is InChI=1S/C13H15N3O3S2/c1-9-6-4-5-7-11(9)12-14-13(20-15-12)21(17,18)16-10(2)8-19-3/h4-8,16H,1-3H3. The fourth-order valence-electron chi connectivity index (χ4n) is 1.71. The zero-order valence-corrected chi connectivity index (χ0v) is 13.5. The van der Waals surface area contributed by atoms with Gasteiger partial charge in [0.1, 0.15) is 6.26 Å². The molecular formula is C13H15N3O3S2. The maximum absolute atomic E-state index is 12.1. The number of aryl methyl sites for hydroxylation is 1. The van der Waals surface area contributed by atoms with Crippen LogP contribution in [0, 0.1) is 6.92 Å². The highest BCUT2D eigenvalue weighted by atomic mass is 32.2. The Morgan fingerprint density at radius 2 is 2.10 bits per heavy atom. The lowest BCUT2D eigenvalue weighted by Crippen LogP contribution is -2.21. The predicted octanol–water partition coefficient (Wildman–Crippen LogP) is 2.30. The van der Waals surface area contributed by atoms with Gasteiger partial charge >= 0.3 is 0 Å². The van der Waals surface area contributed by atoms with Crippen LogP contribution in [-0.2, 0) is 14.8 Å². The summed E-state index contributed by atoms with van der Waals surface area (Å²) in [4.78, 5) is 4.12. The van der Waals surface area contributed by atoms with Crippen LogP contribution in [0.15, 0.2) is 40.6 Å². The number of benzene rings is 1. The van der Waals surface area contributed by atoms with Gasteiger partial charge in [0.25, 0.3) is 10.0 Å². The Morgan fingerprint density at radius 3 is 2.76 bits per heavy atom. The van der Waals surface area contributed by atoms with Crippen molar-refractivity contribution in [3.8, 4) is 11.4 Å². The second-order valence-electron chi connectivity index (χ2n) is 4.34. The number of allylic oxidation sites excluding steroid dienone is 1. The maximum atomic E-state index is 12.1. The average Bonchev–Trinajstić information content (AvgIpc) is 2.89. The number of hydrogen-bond acceptors (Lipinski definition) is 6. The molecule has 1 aromatic carbocycles. The van der Waals surface area contributed by atoms with Crippen LogP contribution in [0.3, 0.4) is 0 Å². The molecule has 0 aliphatic heterocycles. The van der Waals surface area contributed by atoms with Crippen LogP contribution in [0.4, 0.5) is 0 Å². The third kappa shape index (κ3) is 3.59. The van der Waals surface area contributed by atoms with E-state index in [0.717, 1.165) is 22.7 Å². The largest absolute Gasteiger partial charge is 0.503 e. The number of sulfonamides is 1. The third-order valence-electron chi connectivity index (χ3n) is 2.61. The van der Waals surface area contributed by atoms with Crippen LogP contribution in [0.2, 0.25) is 0 Å². The van der Waals surface area contributed by atoms with Gasteiger partial charge in [-0.2, -0.15) is 12.8 Å². The Kier molecular flexibility index (Phi) is 4.59. The van der Waals surface area contributed by atoms with Gasteiger partial charge in [-0.05, 0) is 19.4 Å². The third-order valence-corrected chi connectivity index (χ3v) is 5.15. The lowest BCUT2D eigenvalue weighted by molar-refractivity contribution is 0.332. The van der Waals surface area contributed by atoms with Crippen molar-refractivity contribution in [2.75, 3.05) is 7.11 Å². The van der Waals surface area contributed by atoms with Gasteiger partial charge in [0.2, 0.25) is 4.34 Å². The van der Waals surface area contributed by atoms with E-state index >= 15 is 0 Å². The molecule has 0 radical (unpaired) electrons. The predicted molar refractivity (Wildman–Crippen MR) is 81.2 cm³/mol. The zero-order chi connectivity index (χ0) is 15.5. The summed E-state index contributed by atoms with van der Waals surface area (Å²) < 4.78 is 35.5. The van der Waals surface area contributed by atoms with Crippen molar-refractivity contribution in [2.45, 2.75) is 18.2 Å². The van der Waals surface area contributed by atoms with Gasteiger partial charge in [-0.25, -0.2) is 4.98 Å². The molecule has 0 saturated carbocycles. The van der Waals surface area contributed by atoms with Crippen molar-refractivity contribution < 1.29 is 13.2 Å². The molecule has 6 nitrogen and oxygen atoms in total. The van der Waals surface area contributed by atoms with Crippen molar-refractivity contribution in [3.05, 3.63) is 41.8 Å². The molecule has 0 atom stereocenters. The number of methoxy groups -OCH3 is 1. The first-order valence-corrected chi connectivity index (χ1v) is 8.32. The minimum atomic E-state index is -3.74. The minimum absolute atomic E-state index is 0.0791. The van der Waals surface area contributed by atoms with E-state index in [0.29, 0.717) is 11.5 Å². The second kappa shape index (κ2) is 6.23. The highest BCUT2D eigenvalue weighted by molar-refractivity contribution is 7.91. The highest BCUT2D eigenvalue weighted by Gasteiger charge is 2.21. The molecule has 1 N–H and O–H groups in total. The second-order valence-corrected chi connectivity index (χ2v) is 6.95. The van der Waals surface area contributed by atoms with Crippen LogP contribution >= 0.6 is 11.5 Å². The van der Waals surface area contributed by atoms with E-state index in [4.69, 9.17) is 4.74 Å². The Labute approximate surface area is 127 Å². The van der Waals surface area contributed by atoms with E-state index in [9.17, 15) is 8.42 Å². The molecule has 0 bridgehead atoms. The summed E-state index contributed by atoms with van der Waals surface area (Å²) in [5.74, 6) is 0.409. The van der Waals surface area contributed by atoms with Crippen LogP contribution < -0.4 is 4.72 Å². The number of nitrogens with one attached hydrogen (secondary N) is 1. The first-order valence-electron chi connectivity index (χ1n) is 6.06. The van der Waals surface area contributed by atoms with E-state index in [1.807, 2.05) is 31.2 Å². The molecule has 0 aliphatic carbocycles. The number of hydrogen-bond donors (Lipinski definition) is 1. The highest BCUT2D eigenvalue weighted by Crippen LogP contribution is 2.23. The number of aromatic nitrogens is 2. The van der Waals surface area contributed by atoms with Gasteiger partial charge < -0.3 is 4.74 Å². The zero-order valence-electron chi connectivity index (χ0n) is 11.8. The summed E-state index contributed by atoms with van der Waals surface area (Å²) in [5.41, 5.74) is 2.17. The number of ether oxygens (including phenoxy) is 1. The lowest BCUT2D eigenvalue weighted by atomic mass is 10.1. The molecule has 0 aliphatic rings. The van der Waals surface area contributed by atoms with Crippen LogP contribution in [0.25, 0.3) is 11.4 Å². The fourth-order valence-corrected chi connectivity index (χ4v) is 3.53. The van der Waals surface area contributed by atoms with Crippen molar-refractivity contribution in [3.63, 3.8) is 0 Å². The molecule has 0 amide bonds. The summed E-state index contributed by atoms with van der Waals surface area (Å²) in [5, 5.41) is 0. The monoisotopic (exact) mass is 325 g/mol. The molecule has 1 heterocycles. The first-order chi connectivity index (χ1) is 9.94. The molecule has 112 valence electrons. The normalized spacial score (nSPS) is 12.2. The van der Waals surface area contributed by atoms with Gasteiger partial charge in [0, 0.05) is 17.1 Å². The van der Waals surface area contributed by atoms with Gasteiger partial charge in [0.15, 0.2) is 5.82 Å². The van der Waals surface area contributed by atoms with E-state index < -0.39 is 10.0 Å². The summed E-state index contributed by atoms with van der Waals surface area (Å²) in [6, 6.07) is 7.55. The van der Waals surface area contributed by atoms with E-state index in [-0.39, 0.29) is 4.34 Å². The Hall–Kier alpha value is -1.93. The summed E-state index contributed by atoms with van der Waals surface area (Å²) in [6.45, 7) is 3.51. The smallest absolute Gasteiger partial charge is 0.290 e. The molecule has 0 saturated heterocycles. The number of rotatable bonds is 5. The van der Waals surface area contributed by atoms with Crippen LogP contribution in [0.1, 0.15) is 12.5 Å². The molecule has 1 aromatic heterocycles. The topological polar surface area (TPSA) is 81.2 Å². The van der Waals surface area contributed by atoms with E-state index in [2.05, 4.69) is 14.1 Å². The lowest BCUT2D eigenvalue weighted by Gasteiger charge is -2.04. The van der Waals surface area contributed by atoms with Crippen molar-refractivity contribution in [2.24, 2.45) is 0 Å². The molecule has 0 spiro atoms. The van der Waals surface area contributed by atoms with Crippen molar-refractivity contribution >= 4 is 21.6 Å². The quantitative estimate of drug-likeness (QED) is 0.853. The van der Waals surface area contributed by atoms with Crippen molar-refractivity contribution in [1.29, 1.82) is 0 Å². The fraction of sp³-hybridized carbons (Fsp3) is 0.231. The summed E-state index contributed by atoms with van der Waals surface area (Å²) in [6.07, 6.45) is 1.31. The van der Waals surface area contributed by atoms with Gasteiger partial charge in [0.05, 0.1) is 12.8 Å². The molecular weight excluding hydrogens is 310 g/mol. The Bertz CT molecular complexity index is 766. The van der Waals surface area contributed by atoms with E-state index in [1.54, 1.807) is 6.92 Å². The van der Waals surface area contributed by atoms with Crippen LogP contribution in [0.5, 0.6) is 0 Å². The molecule has 21 heavy (non-hydrogen) atoms. The molecule has 0 fully saturated rings. The van der Waals surface area contributed by atoms with Gasteiger partial charge in [-0.3, -0.25) is 4.72 Å². The van der Waals surface area contributed by atoms with Crippen LogP contribution in [-0.4, -0.2) is 24.9 Å². The van der Waals surface area contributed by atoms with Gasteiger partial charge in [-0.15, -0.1) is 0 Å². The minimum Gasteiger partial charge on any atom is -0.503 e. The van der Waals surface area contributed by atoms with Crippen molar-refractivity contribution in [1.82, 2.24) is 14.1 Å². The molecule has 2 rings (SSSR count). The maximum Gasteiger partial charge on any atom is 0.290 e. The SMILES string of the molecule is COC=C(C)NS(=O)(=O)c1nc(-c2ccccc2C)ns1. The molecule has 8 heteroatoms. The Balaban J connectivity index is 2.32. The Morgan fingerprint density at radius 1 is 1.38 bits per heavy atom. The number of nitrogens with zero attached hydrogens (tertiary/aromatic N) is 2. The summed E-state index contributed by atoms with van der Waals surface area (Å²) >= 11 is 0.840. The van der Waals surface area contributed by atoms with E-state index in [1.165, 1.54) is 13.4 Å². The average molecular weight is 325 g/mol. The first kappa shape index (κ1) is 15.5.